The molecule has 0 saturated heterocycles. The maximum Gasteiger partial charge on any atom is 0.271 e. The minimum Gasteiger partial charge on any atom is -0.280 e. The lowest BCUT2D eigenvalue weighted by molar-refractivity contribution is 0.0846. The molecular weight excluding hydrogens is 414 g/mol. The van der Waals surface area contributed by atoms with Crippen molar-refractivity contribution >= 4 is 39.1 Å². The summed E-state index contributed by atoms with van der Waals surface area (Å²) in [5.41, 5.74) is 5.33. The molecular formula is C20H16ClN3O4S. The number of sulfonamides is 1. The molecule has 0 atom stereocenters. The Kier molecular flexibility index (Phi) is 6.16. The second kappa shape index (κ2) is 8.76. The zero-order valence-corrected chi connectivity index (χ0v) is 16.5. The monoisotopic (exact) mass is 429 g/mol. The lowest BCUT2D eigenvalue weighted by atomic mass is 10.2. The second-order valence-electron chi connectivity index (χ2n) is 5.88. The summed E-state index contributed by atoms with van der Waals surface area (Å²) >= 11 is 5.93. The predicted octanol–water partition coefficient (Wildman–Crippen LogP) is 3.22. The summed E-state index contributed by atoms with van der Waals surface area (Å²) in [5.74, 6) is -1.18. The van der Waals surface area contributed by atoms with Crippen LogP contribution in [0.2, 0.25) is 5.02 Å². The fourth-order valence-corrected chi connectivity index (χ4v) is 3.68. The SMILES string of the molecule is O=C(NNC(=O)c1ccccc1Cl)c1ccc(S(=O)(=O)Nc2ccccc2)cc1. The van der Waals surface area contributed by atoms with Gasteiger partial charge in [0.1, 0.15) is 0 Å². The lowest BCUT2D eigenvalue weighted by Crippen LogP contribution is -2.41. The van der Waals surface area contributed by atoms with Crippen LogP contribution in [0.3, 0.4) is 0 Å². The van der Waals surface area contributed by atoms with Gasteiger partial charge in [0.25, 0.3) is 21.8 Å². The number of amides is 2. The largest absolute Gasteiger partial charge is 0.280 e. The smallest absolute Gasteiger partial charge is 0.271 e. The van der Waals surface area contributed by atoms with Gasteiger partial charge in [-0.2, -0.15) is 0 Å². The van der Waals surface area contributed by atoms with Crippen LogP contribution >= 0.6 is 11.6 Å². The maximum absolute atomic E-state index is 12.4. The highest BCUT2D eigenvalue weighted by Crippen LogP contribution is 2.17. The summed E-state index contributed by atoms with van der Waals surface area (Å²) in [5, 5.41) is 0.250. The second-order valence-corrected chi connectivity index (χ2v) is 7.97. The van der Waals surface area contributed by atoms with Crippen LogP contribution < -0.4 is 15.6 Å². The molecule has 3 aromatic rings. The minimum atomic E-state index is -3.79. The van der Waals surface area contributed by atoms with Crippen LogP contribution in [0.25, 0.3) is 0 Å². The summed E-state index contributed by atoms with van der Waals surface area (Å²) < 4.78 is 27.3. The van der Waals surface area contributed by atoms with Gasteiger partial charge < -0.3 is 0 Å². The number of carbonyl (C=O) groups is 2. The molecule has 3 N–H and O–H groups in total. The number of para-hydroxylation sites is 1. The summed E-state index contributed by atoms with van der Waals surface area (Å²) in [6.45, 7) is 0. The van der Waals surface area contributed by atoms with Crippen LogP contribution in [-0.2, 0) is 10.0 Å². The first-order valence-electron chi connectivity index (χ1n) is 8.40. The van der Waals surface area contributed by atoms with E-state index in [-0.39, 0.29) is 21.0 Å². The molecule has 0 aromatic heterocycles. The van der Waals surface area contributed by atoms with E-state index in [9.17, 15) is 18.0 Å². The fraction of sp³-hybridized carbons (Fsp3) is 0. The molecule has 0 bridgehead atoms. The molecule has 0 fully saturated rings. The number of anilines is 1. The van der Waals surface area contributed by atoms with Gasteiger partial charge in [-0.05, 0) is 48.5 Å². The quantitative estimate of drug-likeness (QED) is 0.541. The van der Waals surface area contributed by atoms with E-state index in [0.29, 0.717) is 5.69 Å². The van der Waals surface area contributed by atoms with Crippen molar-refractivity contribution in [3.63, 3.8) is 0 Å². The predicted molar refractivity (Wildman–Crippen MR) is 110 cm³/mol. The maximum atomic E-state index is 12.4. The third-order valence-electron chi connectivity index (χ3n) is 3.86. The lowest BCUT2D eigenvalue weighted by Gasteiger charge is -2.10. The number of nitrogens with one attached hydrogen (secondary N) is 3. The van der Waals surface area contributed by atoms with Crippen LogP contribution in [0.4, 0.5) is 5.69 Å². The highest BCUT2D eigenvalue weighted by Gasteiger charge is 2.16. The minimum absolute atomic E-state index is 0.00185. The van der Waals surface area contributed by atoms with Crippen molar-refractivity contribution in [2.75, 3.05) is 4.72 Å². The molecule has 7 nitrogen and oxygen atoms in total. The Morgan fingerprint density at radius 2 is 1.31 bits per heavy atom. The van der Waals surface area contributed by atoms with Crippen molar-refractivity contribution in [1.29, 1.82) is 0 Å². The number of halogens is 1. The van der Waals surface area contributed by atoms with Gasteiger partial charge in [0.05, 0.1) is 15.5 Å². The van der Waals surface area contributed by atoms with Gasteiger partial charge in [-0.1, -0.05) is 41.9 Å². The van der Waals surface area contributed by atoms with E-state index in [1.165, 1.54) is 30.3 Å². The van der Waals surface area contributed by atoms with Crippen molar-refractivity contribution in [2.24, 2.45) is 0 Å². The van der Waals surface area contributed by atoms with Crippen molar-refractivity contribution in [2.45, 2.75) is 4.90 Å². The fourth-order valence-electron chi connectivity index (χ4n) is 2.40. The number of benzene rings is 3. The van der Waals surface area contributed by atoms with Gasteiger partial charge in [-0.3, -0.25) is 25.2 Å². The van der Waals surface area contributed by atoms with Crippen molar-refractivity contribution < 1.29 is 18.0 Å². The number of carbonyl (C=O) groups excluding carboxylic acids is 2. The standard InChI is InChI=1S/C20H16ClN3O4S/c21-18-9-5-4-8-17(18)20(26)23-22-19(25)14-10-12-16(13-11-14)29(27,28)24-15-6-2-1-3-7-15/h1-13,24H,(H,22,25)(H,23,26). The Morgan fingerprint density at radius 1 is 0.724 bits per heavy atom. The summed E-state index contributed by atoms with van der Waals surface area (Å²) in [6.07, 6.45) is 0. The molecule has 0 spiro atoms. The van der Waals surface area contributed by atoms with Gasteiger partial charge in [0.2, 0.25) is 0 Å². The molecule has 148 valence electrons. The summed E-state index contributed by atoms with van der Waals surface area (Å²) in [7, 11) is -3.79. The molecule has 0 unspecified atom stereocenters. The van der Waals surface area contributed by atoms with Crippen LogP contribution in [-0.4, -0.2) is 20.2 Å². The Labute approximate surface area is 172 Å². The van der Waals surface area contributed by atoms with Gasteiger partial charge in [-0.15, -0.1) is 0 Å². The first kappa shape index (κ1) is 20.4. The first-order valence-corrected chi connectivity index (χ1v) is 10.3. The van der Waals surface area contributed by atoms with Gasteiger partial charge >= 0.3 is 0 Å². The van der Waals surface area contributed by atoms with Crippen molar-refractivity contribution in [1.82, 2.24) is 10.9 Å². The number of hydrogen-bond acceptors (Lipinski definition) is 4. The highest BCUT2D eigenvalue weighted by molar-refractivity contribution is 7.92. The van der Waals surface area contributed by atoms with Crippen LogP contribution in [0.1, 0.15) is 20.7 Å². The Morgan fingerprint density at radius 3 is 1.97 bits per heavy atom. The van der Waals surface area contributed by atoms with Crippen LogP contribution in [0.5, 0.6) is 0 Å². The van der Waals surface area contributed by atoms with E-state index in [1.807, 2.05) is 0 Å². The molecule has 0 aliphatic carbocycles. The summed E-state index contributed by atoms with van der Waals surface area (Å²) in [4.78, 5) is 24.3. The van der Waals surface area contributed by atoms with E-state index in [2.05, 4.69) is 15.6 Å². The average Bonchev–Trinajstić information content (AvgIpc) is 2.72. The Balaban J connectivity index is 1.64. The average molecular weight is 430 g/mol. The van der Waals surface area contributed by atoms with Crippen LogP contribution in [0, 0.1) is 0 Å². The molecule has 9 heteroatoms. The first-order chi connectivity index (χ1) is 13.9. The summed E-state index contributed by atoms with van der Waals surface area (Å²) in [6, 6.07) is 20.1. The third-order valence-corrected chi connectivity index (χ3v) is 5.59. The zero-order chi connectivity index (χ0) is 20.9. The van der Waals surface area contributed by atoms with Crippen LogP contribution in [0.15, 0.2) is 83.8 Å². The van der Waals surface area contributed by atoms with Gasteiger partial charge in [-0.25, -0.2) is 8.42 Å². The van der Waals surface area contributed by atoms with E-state index in [4.69, 9.17) is 11.6 Å². The molecule has 0 radical (unpaired) electrons. The molecule has 0 saturated carbocycles. The molecule has 0 aliphatic rings. The van der Waals surface area contributed by atoms with E-state index in [0.717, 1.165) is 0 Å². The van der Waals surface area contributed by atoms with E-state index < -0.39 is 21.8 Å². The number of hydrazine groups is 1. The van der Waals surface area contributed by atoms with E-state index in [1.54, 1.807) is 48.5 Å². The van der Waals surface area contributed by atoms with Crippen molar-refractivity contribution in [3.8, 4) is 0 Å². The normalized spacial score (nSPS) is 10.8. The van der Waals surface area contributed by atoms with Gasteiger partial charge in [0, 0.05) is 11.3 Å². The van der Waals surface area contributed by atoms with E-state index >= 15 is 0 Å². The molecule has 2 amide bonds. The molecule has 3 rings (SSSR count). The van der Waals surface area contributed by atoms with Gasteiger partial charge in [0.15, 0.2) is 0 Å². The third kappa shape index (κ3) is 5.13. The highest BCUT2D eigenvalue weighted by atomic mass is 35.5. The molecule has 3 aromatic carbocycles. The number of rotatable bonds is 5. The molecule has 0 heterocycles. The van der Waals surface area contributed by atoms with Crippen molar-refractivity contribution in [3.05, 3.63) is 95.0 Å². The Bertz CT molecular complexity index is 1130. The topological polar surface area (TPSA) is 104 Å². The zero-order valence-electron chi connectivity index (χ0n) is 14.9. The number of hydrogen-bond donors (Lipinski definition) is 3. The molecule has 29 heavy (non-hydrogen) atoms. The Hall–Kier alpha value is -3.36. The molecule has 0 aliphatic heterocycles.